The van der Waals surface area contributed by atoms with E-state index >= 15 is 0 Å². The van der Waals surface area contributed by atoms with E-state index in [-0.39, 0.29) is 6.03 Å². The first-order valence-electron chi connectivity index (χ1n) is 10.2. The zero-order valence-corrected chi connectivity index (χ0v) is 17.4. The second-order valence-electron chi connectivity index (χ2n) is 7.68. The van der Waals surface area contributed by atoms with E-state index < -0.39 is 0 Å². The van der Waals surface area contributed by atoms with Crippen LogP contribution >= 0.6 is 0 Å². The summed E-state index contributed by atoms with van der Waals surface area (Å²) in [5.41, 5.74) is 3.24. The van der Waals surface area contributed by atoms with Gasteiger partial charge in [-0.1, -0.05) is 12.1 Å². The number of pyridine rings is 1. The highest BCUT2D eigenvalue weighted by Gasteiger charge is 2.27. The van der Waals surface area contributed by atoms with Crippen LogP contribution in [0.3, 0.4) is 0 Å². The zero-order chi connectivity index (χ0) is 20.9. The molecule has 30 heavy (non-hydrogen) atoms. The van der Waals surface area contributed by atoms with Crippen LogP contribution in [0.1, 0.15) is 17.7 Å². The standard InChI is InChI=1S/C23H27N5O2/c1-17-13-25-22(20-7-10-24-11-8-20)28(17)16-19-9-12-27(15-19)23(29)26-14-18-3-5-21(30-2)6-4-18/h3-8,10-11,13,19H,9,12,14-16H2,1-2H3,(H,26,29). The van der Waals surface area contributed by atoms with Crippen LogP contribution in [0, 0.1) is 12.8 Å². The van der Waals surface area contributed by atoms with Crippen molar-refractivity contribution in [3.63, 3.8) is 0 Å². The average molecular weight is 406 g/mol. The molecule has 0 radical (unpaired) electrons. The molecule has 7 heteroatoms. The topological polar surface area (TPSA) is 72.3 Å². The van der Waals surface area contributed by atoms with Gasteiger partial charge in [0.15, 0.2) is 0 Å². The summed E-state index contributed by atoms with van der Waals surface area (Å²) in [7, 11) is 1.64. The summed E-state index contributed by atoms with van der Waals surface area (Å²) in [5, 5.41) is 3.03. The van der Waals surface area contributed by atoms with Crippen molar-refractivity contribution in [1.29, 1.82) is 0 Å². The van der Waals surface area contributed by atoms with E-state index in [1.165, 1.54) is 0 Å². The van der Waals surface area contributed by atoms with Crippen LogP contribution in [0.2, 0.25) is 0 Å². The molecular formula is C23H27N5O2. The van der Waals surface area contributed by atoms with E-state index in [4.69, 9.17) is 4.74 Å². The maximum Gasteiger partial charge on any atom is 0.317 e. The molecule has 1 aliphatic rings. The van der Waals surface area contributed by atoms with Crippen molar-refractivity contribution in [3.8, 4) is 17.1 Å². The quantitative estimate of drug-likeness (QED) is 0.681. The molecule has 1 aromatic carbocycles. The Balaban J connectivity index is 1.33. The molecule has 1 fully saturated rings. The van der Waals surface area contributed by atoms with Crippen molar-refractivity contribution in [1.82, 2.24) is 24.8 Å². The molecule has 7 nitrogen and oxygen atoms in total. The number of carbonyl (C=O) groups excluding carboxylic acids is 1. The average Bonchev–Trinajstić information content (AvgIpc) is 3.40. The van der Waals surface area contributed by atoms with Crippen molar-refractivity contribution in [2.75, 3.05) is 20.2 Å². The Morgan fingerprint density at radius 2 is 1.97 bits per heavy atom. The first-order chi connectivity index (χ1) is 14.6. The number of imidazole rings is 1. The van der Waals surface area contributed by atoms with Gasteiger partial charge in [-0.2, -0.15) is 0 Å². The van der Waals surface area contributed by atoms with Crippen molar-refractivity contribution >= 4 is 6.03 Å². The second kappa shape index (κ2) is 8.98. The zero-order valence-electron chi connectivity index (χ0n) is 17.4. The van der Waals surface area contributed by atoms with Crippen LogP contribution < -0.4 is 10.1 Å². The fourth-order valence-electron chi connectivity index (χ4n) is 3.88. The minimum Gasteiger partial charge on any atom is -0.497 e. The Labute approximate surface area is 176 Å². The number of benzene rings is 1. The molecule has 2 aromatic heterocycles. The highest BCUT2D eigenvalue weighted by Crippen LogP contribution is 2.24. The van der Waals surface area contributed by atoms with Gasteiger partial charge < -0.3 is 19.5 Å². The van der Waals surface area contributed by atoms with Crippen molar-refractivity contribution < 1.29 is 9.53 Å². The fourth-order valence-corrected chi connectivity index (χ4v) is 3.88. The van der Waals surface area contributed by atoms with Gasteiger partial charge in [-0.3, -0.25) is 4.98 Å². The lowest BCUT2D eigenvalue weighted by Gasteiger charge is -2.19. The fraction of sp³-hybridized carbons (Fsp3) is 0.348. The number of aromatic nitrogens is 3. The molecule has 1 aliphatic heterocycles. The van der Waals surface area contributed by atoms with Gasteiger partial charge in [-0.05, 0) is 49.1 Å². The number of carbonyl (C=O) groups is 1. The predicted molar refractivity (Wildman–Crippen MR) is 115 cm³/mol. The third-order valence-electron chi connectivity index (χ3n) is 5.61. The summed E-state index contributed by atoms with van der Waals surface area (Å²) in [6.07, 6.45) is 6.47. The number of aryl methyl sites for hydroxylation is 1. The normalized spacial score (nSPS) is 15.9. The van der Waals surface area contributed by atoms with Gasteiger partial charge in [0.2, 0.25) is 0 Å². The molecule has 2 amide bonds. The lowest BCUT2D eigenvalue weighted by atomic mass is 10.1. The number of rotatable bonds is 6. The van der Waals surface area contributed by atoms with E-state index in [0.29, 0.717) is 12.5 Å². The van der Waals surface area contributed by atoms with Crippen LogP contribution in [0.5, 0.6) is 5.75 Å². The minimum absolute atomic E-state index is 0.00923. The number of amides is 2. The SMILES string of the molecule is COc1ccc(CNC(=O)N2CCC(Cn3c(C)cnc3-c3ccncc3)C2)cc1. The maximum absolute atomic E-state index is 12.6. The molecule has 1 atom stereocenters. The summed E-state index contributed by atoms with van der Waals surface area (Å²) < 4.78 is 7.42. The number of nitrogens with one attached hydrogen (secondary N) is 1. The van der Waals surface area contributed by atoms with Gasteiger partial charge >= 0.3 is 6.03 Å². The first kappa shape index (κ1) is 19.9. The smallest absolute Gasteiger partial charge is 0.317 e. The van der Waals surface area contributed by atoms with Gasteiger partial charge in [-0.25, -0.2) is 9.78 Å². The Kier molecular flexibility index (Phi) is 5.97. The Morgan fingerprint density at radius 3 is 2.70 bits per heavy atom. The second-order valence-corrected chi connectivity index (χ2v) is 7.68. The lowest BCUT2D eigenvalue weighted by molar-refractivity contribution is 0.206. The highest BCUT2D eigenvalue weighted by molar-refractivity contribution is 5.74. The van der Waals surface area contributed by atoms with Gasteiger partial charge in [-0.15, -0.1) is 0 Å². The van der Waals surface area contributed by atoms with Crippen LogP contribution in [0.15, 0.2) is 55.0 Å². The van der Waals surface area contributed by atoms with E-state index in [1.54, 1.807) is 19.5 Å². The van der Waals surface area contributed by atoms with E-state index in [2.05, 4.69) is 26.8 Å². The minimum atomic E-state index is -0.00923. The van der Waals surface area contributed by atoms with Crippen LogP contribution in [0.4, 0.5) is 4.79 Å². The van der Waals surface area contributed by atoms with Gasteiger partial charge in [0, 0.05) is 56.0 Å². The molecule has 3 heterocycles. The first-order valence-corrected chi connectivity index (χ1v) is 10.2. The Hall–Kier alpha value is -3.35. The van der Waals surface area contributed by atoms with Crippen molar-refractivity contribution in [2.45, 2.75) is 26.4 Å². The number of urea groups is 1. The van der Waals surface area contributed by atoms with E-state index in [1.807, 2.05) is 47.5 Å². The number of ether oxygens (including phenoxy) is 1. The van der Waals surface area contributed by atoms with Crippen molar-refractivity contribution in [2.24, 2.45) is 5.92 Å². The van der Waals surface area contributed by atoms with Gasteiger partial charge in [0.25, 0.3) is 0 Å². The summed E-state index contributed by atoms with van der Waals surface area (Å²) in [6, 6.07) is 11.7. The molecule has 0 spiro atoms. The largest absolute Gasteiger partial charge is 0.497 e. The van der Waals surface area contributed by atoms with Gasteiger partial charge in [0.1, 0.15) is 11.6 Å². The third kappa shape index (κ3) is 4.45. The molecule has 1 N–H and O–H groups in total. The summed E-state index contributed by atoms with van der Waals surface area (Å²) in [6.45, 7) is 4.97. The molecule has 1 unspecified atom stereocenters. The number of likely N-dealkylation sites (tertiary alicyclic amines) is 1. The van der Waals surface area contributed by atoms with E-state index in [0.717, 1.165) is 54.4 Å². The molecule has 0 saturated carbocycles. The number of hydrogen-bond acceptors (Lipinski definition) is 4. The monoisotopic (exact) mass is 405 g/mol. The lowest BCUT2D eigenvalue weighted by Crippen LogP contribution is -2.38. The predicted octanol–water partition coefficient (Wildman–Crippen LogP) is 3.49. The van der Waals surface area contributed by atoms with E-state index in [9.17, 15) is 4.79 Å². The molecular weight excluding hydrogens is 378 g/mol. The third-order valence-corrected chi connectivity index (χ3v) is 5.61. The Morgan fingerprint density at radius 1 is 1.20 bits per heavy atom. The molecule has 0 bridgehead atoms. The summed E-state index contributed by atoms with van der Waals surface area (Å²) in [4.78, 5) is 23.2. The summed E-state index contributed by atoms with van der Waals surface area (Å²) in [5.74, 6) is 2.18. The van der Waals surface area contributed by atoms with Crippen molar-refractivity contribution in [3.05, 3.63) is 66.2 Å². The van der Waals surface area contributed by atoms with Crippen LogP contribution in [-0.2, 0) is 13.1 Å². The van der Waals surface area contributed by atoms with Crippen LogP contribution in [0.25, 0.3) is 11.4 Å². The molecule has 4 rings (SSSR count). The molecule has 0 aliphatic carbocycles. The Bertz CT molecular complexity index is 985. The summed E-state index contributed by atoms with van der Waals surface area (Å²) >= 11 is 0. The number of methoxy groups -OCH3 is 1. The maximum atomic E-state index is 12.6. The molecule has 3 aromatic rings. The van der Waals surface area contributed by atoms with Gasteiger partial charge in [0.05, 0.1) is 7.11 Å². The molecule has 156 valence electrons. The number of nitrogens with zero attached hydrogens (tertiary/aromatic N) is 4. The number of hydrogen-bond donors (Lipinski definition) is 1. The van der Waals surface area contributed by atoms with Crippen LogP contribution in [-0.4, -0.2) is 45.7 Å². The highest BCUT2D eigenvalue weighted by atomic mass is 16.5. The molecule has 1 saturated heterocycles.